The molecule has 3 nitrogen and oxygen atoms in total. The third-order valence-electron chi connectivity index (χ3n) is 2.07. The number of anilines is 1. The molecule has 1 heterocycles. The molecule has 1 N–H and O–H groups in total. The lowest BCUT2D eigenvalue weighted by Crippen LogP contribution is -2.00. The minimum absolute atomic E-state index is 0.347. The summed E-state index contributed by atoms with van der Waals surface area (Å²) in [4.78, 5) is 0. The highest BCUT2D eigenvalue weighted by molar-refractivity contribution is 6.33. The highest BCUT2D eigenvalue weighted by Crippen LogP contribution is 2.22. The van der Waals surface area contributed by atoms with Gasteiger partial charge in [-0.1, -0.05) is 16.8 Å². The van der Waals surface area contributed by atoms with E-state index in [4.69, 9.17) is 16.1 Å². The highest BCUT2D eigenvalue weighted by Gasteiger charge is 2.03. The van der Waals surface area contributed by atoms with Crippen molar-refractivity contribution in [2.75, 3.05) is 5.32 Å². The van der Waals surface area contributed by atoms with Gasteiger partial charge in [0.2, 0.25) is 0 Å². The molecule has 0 bridgehead atoms. The predicted octanol–water partition coefficient (Wildman–Crippen LogP) is 3.39. The van der Waals surface area contributed by atoms with Crippen molar-refractivity contribution in [3.05, 3.63) is 46.6 Å². The van der Waals surface area contributed by atoms with Crippen molar-refractivity contribution in [2.24, 2.45) is 0 Å². The fourth-order valence-corrected chi connectivity index (χ4v) is 1.55. The molecule has 0 saturated heterocycles. The van der Waals surface area contributed by atoms with E-state index < -0.39 is 0 Å². The van der Waals surface area contributed by atoms with E-state index >= 15 is 0 Å². The van der Waals surface area contributed by atoms with E-state index in [1.54, 1.807) is 6.07 Å². The van der Waals surface area contributed by atoms with E-state index in [0.29, 0.717) is 17.3 Å². The second-order valence-electron chi connectivity index (χ2n) is 3.41. The Morgan fingerprint density at radius 1 is 1.44 bits per heavy atom. The summed E-state index contributed by atoms with van der Waals surface area (Å²) in [6.07, 6.45) is 0. The summed E-state index contributed by atoms with van der Waals surface area (Å²) in [5, 5.41) is 7.22. The lowest BCUT2D eigenvalue weighted by Gasteiger charge is -2.05. The number of nitrogens with one attached hydrogen (secondary N) is 1. The van der Waals surface area contributed by atoms with Gasteiger partial charge in [0.25, 0.3) is 0 Å². The van der Waals surface area contributed by atoms with Crippen LogP contribution in [0.5, 0.6) is 0 Å². The van der Waals surface area contributed by atoms with E-state index in [0.717, 1.165) is 11.5 Å². The van der Waals surface area contributed by atoms with Crippen LogP contribution in [-0.4, -0.2) is 5.16 Å². The summed E-state index contributed by atoms with van der Waals surface area (Å²) in [5.41, 5.74) is 1.45. The van der Waals surface area contributed by atoms with Crippen LogP contribution >= 0.6 is 11.6 Å². The number of halogens is 2. The van der Waals surface area contributed by atoms with Crippen LogP contribution in [0.3, 0.4) is 0 Å². The van der Waals surface area contributed by atoms with Gasteiger partial charge < -0.3 is 9.84 Å². The Bertz CT molecular complexity index is 498. The molecule has 0 radical (unpaired) electrons. The van der Waals surface area contributed by atoms with Crippen LogP contribution in [0.2, 0.25) is 5.02 Å². The molecule has 0 atom stereocenters. The van der Waals surface area contributed by atoms with Gasteiger partial charge >= 0.3 is 0 Å². The molecule has 0 aliphatic heterocycles. The van der Waals surface area contributed by atoms with E-state index in [9.17, 15) is 4.39 Å². The molecule has 0 spiro atoms. The van der Waals surface area contributed by atoms with E-state index in [2.05, 4.69) is 10.5 Å². The van der Waals surface area contributed by atoms with Crippen LogP contribution in [0.25, 0.3) is 0 Å². The van der Waals surface area contributed by atoms with Gasteiger partial charge in [-0.25, -0.2) is 4.39 Å². The van der Waals surface area contributed by atoms with Crippen LogP contribution in [0.15, 0.2) is 28.8 Å². The molecule has 0 fully saturated rings. The molecule has 1 aromatic heterocycles. The van der Waals surface area contributed by atoms with Gasteiger partial charge in [-0.15, -0.1) is 0 Å². The fraction of sp³-hybridized carbons (Fsp3) is 0.182. The summed E-state index contributed by atoms with van der Waals surface area (Å²) in [6.45, 7) is 2.31. The maximum atomic E-state index is 12.8. The zero-order valence-electron chi connectivity index (χ0n) is 8.63. The zero-order valence-corrected chi connectivity index (χ0v) is 9.38. The second kappa shape index (κ2) is 4.53. The van der Waals surface area contributed by atoms with Crippen LogP contribution in [-0.2, 0) is 6.54 Å². The molecule has 84 valence electrons. The first-order valence-corrected chi connectivity index (χ1v) is 5.14. The Hall–Kier alpha value is -1.55. The van der Waals surface area contributed by atoms with Crippen LogP contribution in [0.4, 0.5) is 10.1 Å². The number of nitrogens with zero attached hydrogens (tertiary/aromatic N) is 1. The lowest BCUT2D eigenvalue weighted by atomic mass is 10.3. The van der Waals surface area contributed by atoms with Crippen molar-refractivity contribution in [1.29, 1.82) is 0 Å². The number of aryl methyl sites for hydroxylation is 1. The fourth-order valence-electron chi connectivity index (χ4n) is 1.32. The van der Waals surface area contributed by atoms with E-state index in [1.807, 2.05) is 13.0 Å². The first-order valence-electron chi connectivity index (χ1n) is 4.76. The number of hydrogen-bond donors (Lipinski definition) is 1. The molecule has 1 aromatic carbocycles. The monoisotopic (exact) mass is 240 g/mol. The molecule has 0 unspecified atom stereocenters. The van der Waals surface area contributed by atoms with Gasteiger partial charge in [-0.05, 0) is 25.1 Å². The van der Waals surface area contributed by atoms with Gasteiger partial charge in [-0.2, -0.15) is 0 Å². The predicted molar refractivity (Wildman–Crippen MR) is 60.0 cm³/mol. The summed E-state index contributed by atoms with van der Waals surface area (Å²) >= 11 is 5.85. The molecule has 0 saturated carbocycles. The van der Waals surface area contributed by atoms with E-state index in [-0.39, 0.29) is 5.82 Å². The standard InChI is InChI=1S/C11H10ClFN2O/c1-7-4-9(15-16-7)6-14-11-3-2-8(13)5-10(11)12/h2-5,14H,6H2,1H3. The molecule has 0 aliphatic carbocycles. The van der Waals surface area contributed by atoms with Gasteiger partial charge in [0.1, 0.15) is 17.3 Å². The third-order valence-corrected chi connectivity index (χ3v) is 2.38. The van der Waals surface area contributed by atoms with Gasteiger partial charge in [0.05, 0.1) is 17.3 Å². The Morgan fingerprint density at radius 3 is 2.88 bits per heavy atom. The normalized spacial score (nSPS) is 10.4. The van der Waals surface area contributed by atoms with Crippen molar-refractivity contribution in [3.63, 3.8) is 0 Å². The first-order chi connectivity index (χ1) is 7.65. The second-order valence-corrected chi connectivity index (χ2v) is 3.81. The topological polar surface area (TPSA) is 38.1 Å². The van der Waals surface area contributed by atoms with Crippen molar-refractivity contribution in [2.45, 2.75) is 13.5 Å². The molecule has 16 heavy (non-hydrogen) atoms. The lowest BCUT2D eigenvalue weighted by molar-refractivity contribution is 0.391. The number of hydrogen-bond acceptors (Lipinski definition) is 3. The molecule has 5 heteroatoms. The summed E-state index contributed by atoms with van der Waals surface area (Å²) in [6, 6.07) is 6.02. The third kappa shape index (κ3) is 2.52. The summed E-state index contributed by atoms with van der Waals surface area (Å²) in [5.74, 6) is 0.398. The van der Waals surface area contributed by atoms with Crippen molar-refractivity contribution in [3.8, 4) is 0 Å². The maximum Gasteiger partial charge on any atom is 0.133 e. The molecule has 0 aliphatic rings. The van der Waals surface area contributed by atoms with Crippen LogP contribution < -0.4 is 5.32 Å². The summed E-state index contributed by atoms with van der Waals surface area (Å²) in [7, 11) is 0. The zero-order chi connectivity index (χ0) is 11.5. The largest absolute Gasteiger partial charge is 0.378 e. The quantitative estimate of drug-likeness (QED) is 0.894. The van der Waals surface area contributed by atoms with Crippen molar-refractivity contribution in [1.82, 2.24) is 5.16 Å². The minimum Gasteiger partial charge on any atom is -0.378 e. The van der Waals surface area contributed by atoms with Crippen molar-refractivity contribution >= 4 is 17.3 Å². The highest BCUT2D eigenvalue weighted by atomic mass is 35.5. The SMILES string of the molecule is Cc1cc(CNc2ccc(F)cc2Cl)no1. The van der Waals surface area contributed by atoms with Crippen LogP contribution in [0.1, 0.15) is 11.5 Å². The Balaban J connectivity index is 2.04. The first kappa shape index (κ1) is 11.0. The van der Waals surface area contributed by atoms with Crippen LogP contribution in [0, 0.1) is 12.7 Å². The molecule has 2 aromatic rings. The Labute approximate surface area is 97.2 Å². The molecular weight excluding hydrogens is 231 g/mol. The van der Waals surface area contributed by atoms with Crippen molar-refractivity contribution < 1.29 is 8.91 Å². The molecule has 2 rings (SSSR count). The number of rotatable bonds is 3. The van der Waals surface area contributed by atoms with Gasteiger partial charge in [0, 0.05) is 6.07 Å². The minimum atomic E-state index is -0.354. The maximum absolute atomic E-state index is 12.8. The number of benzene rings is 1. The summed E-state index contributed by atoms with van der Waals surface area (Å²) < 4.78 is 17.7. The Morgan fingerprint density at radius 2 is 2.25 bits per heavy atom. The van der Waals surface area contributed by atoms with Gasteiger partial charge in [0.15, 0.2) is 0 Å². The average Bonchev–Trinajstić information content (AvgIpc) is 2.63. The molecular formula is C11H10ClFN2O. The average molecular weight is 241 g/mol. The van der Waals surface area contributed by atoms with Gasteiger partial charge in [-0.3, -0.25) is 0 Å². The number of aromatic nitrogens is 1. The Kier molecular flexibility index (Phi) is 3.10. The smallest absolute Gasteiger partial charge is 0.133 e. The van der Waals surface area contributed by atoms with E-state index in [1.165, 1.54) is 12.1 Å². The molecule has 0 amide bonds.